The van der Waals surface area contributed by atoms with Gasteiger partial charge in [-0.1, -0.05) is 30.3 Å². The Morgan fingerprint density at radius 2 is 1.71 bits per heavy atom. The monoisotopic (exact) mass is 404 g/mol. The molecule has 2 aromatic rings. The Labute approximate surface area is 186 Å². The topological polar surface area (TPSA) is 94.5 Å². The number of benzene rings is 2. The van der Waals surface area contributed by atoms with E-state index in [0.717, 1.165) is 0 Å². The number of carbonyl (C=O) groups excluding carboxylic acids is 1. The smallest absolute Gasteiger partial charge is 0.744 e. The predicted octanol–water partition coefficient (Wildman–Crippen LogP) is 0.496. The van der Waals surface area contributed by atoms with Crippen molar-refractivity contribution in [3.8, 4) is 5.75 Å². The normalized spacial score (nSPS) is 15.7. The molecule has 1 aliphatic carbocycles. The van der Waals surface area contributed by atoms with E-state index in [9.17, 15) is 22.9 Å². The number of hydrogen-bond acceptors (Lipinski definition) is 5. The molecule has 0 saturated heterocycles. The summed E-state index contributed by atoms with van der Waals surface area (Å²) in [6.07, 6.45) is 4.67. The maximum Gasteiger partial charge on any atom is 1.00 e. The van der Waals surface area contributed by atoms with Crippen molar-refractivity contribution < 1.29 is 52.4 Å². The zero-order valence-corrected chi connectivity index (χ0v) is 18.6. The molecule has 138 valence electrons. The van der Waals surface area contributed by atoms with Gasteiger partial charge in [0.05, 0.1) is 4.90 Å². The number of ketones is 1. The van der Waals surface area contributed by atoms with Gasteiger partial charge in [0.25, 0.3) is 0 Å². The van der Waals surface area contributed by atoms with Crippen LogP contribution < -0.4 is 29.6 Å². The molecule has 1 aliphatic rings. The van der Waals surface area contributed by atoms with E-state index < -0.39 is 10.1 Å². The van der Waals surface area contributed by atoms with Gasteiger partial charge in [-0.05, 0) is 72.0 Å². The van der Waals surface area contributed by atoms with Crippen molar-refractivity contribution in [2.75, 3.05) is 0 Å². The Morgan fingerprint density at radius 3 is 2.32 bits per heavy atom. The summed E-state index contributed by atoms with van der Waals surface area (Å²) in [4.78, 5) is 11.5. The molecule has 28 heavy (non-hydrogen) atoms. The van der Waals surface area contributed by atoms with Crippen LogP contribution in [0.5, 0.6) is 5.75 Å². The summed E-state index contributed by atoms with van der Waals surface area (Å²) in [7, 11) is -4.71. The summed E-state index contributed by atoms with van der Waals surface area (Å²) >= 11 is 0. The fourth-order valence-electron chi connectivity index (χ4n) is 2.98. The molecule has 0 heterocycles. The average Bonchev–Trinajstić information content (AvgIpc) is 2.61. The third-order valence-electron chi connectivity index (χ3n) is 4.37. The van der Waals surface area contributed by atoms with Crippen LogP contribution in [0.3, 0.4) is 0 Å². The van der Waals surface area contributed by atoms with Gasteiger partial charge in [-0.25, -0.2) is 8.42 Å². The van der Waals surface area contributed by atoms with Crippen molar-refractivity contribution in [2.24, 2.45) is 0 Å². The molecule has 1 N–H and O–H groups in total. The number of aromatic hydroxyl groups is 1. The van der Waals surface area contributed by atoms with Crippen molar-refractivity contribution in [1.82, 2.24) is 0 Å². The van der Waals surface area contributed by atoms with Gasteiger partial charge >= 0.3 is 29.6 Å². The van der Waals surface area contributed by atoms with Crippen LogP contribution in [0.2, 0.25) is 0 Å². The zero-order valence-electron chi connectivity index (χ0n) is 15.8. The van der Waals surface area contributed by atoms with E-state index >= 15 is 0 Å². The van der Waals surface area contributed by atoms with Crippen molar-refractivity contribution in [1.29, 1.82) is 0 Å². The SMILES string of the molecule is CC1=CC(=C(c2ccc(O)c(C)c2)c2ccccc2S(=O)(=O)[O-])C=CC1=O.[Na+]. The minimum atomic E-state index is -4.71. The van der Waals surface area contributed by atoms with Gasteiger partial charge in [0.1, 0.15) is 15.9 Å². The summed E-state index contributed by atoms with van der Waals surface area (Å²) in [5, 5.41) is 9.83. The van der Waals surface area contributed by atoms with Crippen molar-refractivity contribution >= 4 is 21.5 Å². The van der Waals surface area contributed by atoms with Crippen LogP contribution in [-0.4, -0.2) is 23.9 Å². The molecule has 0 bridgehead atoms. The van der Waals surface area contributed by atoms with Crippen LogP contribution in [-0.2, 0) is 14.9 Å². The van der Waals surface area contributed by atoms with Crippen LogP contribution in [0.1, 0.15) is 23.6 Å². The summed E-state index contributed by atoms with van der Waals surface area (Å²) in [5.41, 5.74) is 3.08. The molecule has 5 nitrogen and oxygen atoms in total. The van der Waals surface area contributed by atoms with Gasteiger partial charge in [-0.2, -0.15) is 0 Å². The second kappa shape index (κ2) is 8.59. The maximum atomic E-state index is 11.8. The van der Waals surface area contributed by atoms with E-state index in [1.54, 1.807) is 50.3 Å². The summed E-state index contributed by atoms with van der Waals surface area (Å²) < 4.78 is 35.4. The van der Waals surface area contributed by atoms with E-state index in [1.807, 2.05) is 0 Å². The molecule has 0 aliphatic heterocycles. The van der Waals surface area contributed by atoms with Gasteiger partial charge in [0, 0.05) is 5.56 Å². The molecular formula is C21H17NaO5S. The first-order valence-corrected chi connectivity index (χ1v) is 9.59. The Bertz CT molecular complexity index is 1140. The van der Waals surface area contributed by atoms with Gasteiger partial charge in [0.2, 0.25) is 0 Å². The van der Waals surface area contributed by atoms with Crippen LogP contribution >= 0.6 is 0 Å². The van der Waals surface area contributed by atoms with E-state index in [2.05, 4.69) is 0 Å². The second-order valence-electron chi connectivity index (χ2n) is 6.31. The number of carbonyl (C=O) groups is 1. The number of hydrogen-bond donors (Lipinski definition) is 1. The van der Waals surface area contributed by atoms with Gasteiger partial charge in [-0.15, -0.1) is 0 Å². The maximum absolute atomic E-state index is 11.8. The fraction of sp³-hybridized carbons (Fsp3) is 0.0952. The van der Waals surface area contributed by atoms with E-state index in [-0.39, 0.29) is 51.5 Å². The number of rotatable bonds is 3. The first-order valence-electron chi connectivity index (χ1n) is 8.19. The molecular weight excluding hydrogens is 387 g/mol. The second-order valence-corrected chi connectivity index (χ2v) is 7.65. The third-order valence-corrected chi connectivity index (χ3v) is 5.27. The van der Waals surface area contributed by atoms with Gasteiger partial charge < -0.3 is 9.66 Å². The number of allylic oxidation sites excluding steroid dienone is 5. The zero-order chi connectivity index (χ0) is 19.8. The predicted molar refractivity (Wildman–Crippen MR) is 101 cm³/mol. The fourth-order valence-corrected chi connectivity index (χ4v) is 3.67. The largest absolute Gasteiger partial charge is 1.00 e. The molecule has 0 radical (unpaired) electrons. The first kappa shape index (κ1) is 22.3. The summed E-state index contributed by atoms with van der Waals surface area (Å²) in [5.74, 6) is -0.0290. The number of phenolic OH excluding ortho intramolecular Hbond substituents is 1. The Morgan fingerprint density at radius 1 is 1.04 bits per heavy atom. The van der Waals surface area contributed by atoms with Gasteiger partial charge in [-0.3, -0.25) is 4.79 Å². The minimum absolute atomic E-state index is 0. The van der Waals surface area contributed by atoms with E-state index in [1.165, 1.54) is 24.3 Å². The molecule has 7 heteroatoms. The number of aryl methyl sites for hydroxylation is 1. The molecule has 0 aromatic heterocycles. The van der Waals surface area contributed by atoms with Crippen molar-refractivity contribution in [3.63, 3.8) is 0 Å². The first-order chi connectivity index (χ1) is 12.7. The molecule has 2 aromatic carbocycles. The quantitative estimate of drug-likeness (QED) is 0.594. The van der Waals surface area contributed by atoms with E-state index in [0.29, 0.717) is 27.8 Å². The molecule has 0 fully saturated rings. The molecule has 3 rings (SSSR count). The van der Waals surface area contributed by atoms with Crippen LogP contribution in [0.4, 0.5) is 0 Å². The molecule has 0 amide bonds. The molecule has 0 saturated carbocycles. The van der Waals surface area contributed by atoms with Crippen molar-refractivity contribution in [2.45, 2.75) is 18.7 Å². The average molecular weight is 404 g/mol. The minimum Gasteiger partial charge on any atom is -0.744 e. The van der Waals surface area contributed by atoms with Crippen LogP contribution in [0, 0.1) is 6.92 Å². The van der Waals surface area contributed by atoms with E-state index in [4.69, 9.17) is 0 Å². The molecule has 0 atom stereocenters. The standard InChI is InChI=1S/C21H18O5S.Na/c1-13-11-15(7-9-18(13)22)21(16-8-10-19(23)14(2)12-16)17-5-3-4-6-20(17)27(24,25)26;/h3-12,22H,1-2H3,(H,24,25,26);/q;+1/p-1. The van der Waals surface area contributed by atoms with Crippen LogP contribution in [0.15, 0.2) is 76.7 Å². The van der Waals surface area contributed by atoms with Crippen molar-refractivity contribution in [3.05, 3.63) is 88.5 Å². The Hall–Kier alpha value is -1.96. The Kier molecular flexibility index (Phi) is 6.85. The number of phenols is 1. The van der Waals surface area contributed by atoms with Crippen LogP contribution in [0.25, 0.3) is 5.57 Å². The third kappa shape index (κ3) is 4.54. The Balaban J connectivity index is 0.00000280. The summed E-state index contributed by atoms with van der Waals surface area (Å²) in [6.45, 7) is 3.39. The molecule has 0 spiro atoms. The summed E-state index contributed by atoms with van der Waals surface area (Å²) in [6, 6.07) is 10.8. The molecule has 0 unspecified atom stereocenters. The van der Waals surface area contributed by atoms with Gasteiger partial charge in [0.15, 0.2) is 5.78 Å².